The molecule has 0 unspecified atom stereocenters. The second-order valence-electron chi connectivity index (χ2n) is 4.37. The van der Waals surface area contributed by atoms with Gasteiger partial charge in [0.1, 0.15) is 0 Å². The van der Waals surface area contributed by atoms with Crippen molar-refractivity contribution in [3.05, 3.63) is 29.3 Å². The third kappa shape index (κ3) is 2.58. The molecule has 4 nitrogen and oxygen atoms in total. The highest BCUT2D eigenvalue weighted by molar-refractivity contribution is 5.81. The third-order valence-electron chi connectivity index (χ3n) is 3.19. The largest absolute Gasteiger partial charge is 0.365 e. The monoisotopic (exact) mass is 233 g/mol. The van der Waals surface area contributed by atoms with E-state index in [0.717, 1.165) is 19.5 Å². The molecule has 1 aliphatic heterocycles. The summed E-state index contributed by atoms with van der Waals surface area (Å²) in [4.78, 5) is 13.4. The summed E-state index contributed by atoms with van der Waals surface area (Å²) >= 11 is 0. The number of anilines is 1. The molecule has 0 saturated carbocycles. The normalized spacial score (nSPS) is 14.0. The molecule has 4 heteroatoms. The van der Waals surface area contributed by atoms with Gasteiger partial charge in [-0.05, 0) is 30.2 Å². The first kappa shape index (κ1) is 11.9. The molecule has 0 saturated heterocycles. The van der Waals surface area contributed by atoms with Gasteiger partial charge in [-0.3, -0.25) is 4.79 Å². The lowest BCUT2D eigenvalue weighted by Gasteiger charge is -2.26. The second kappa shape index (κ2) is 5.19. The molecule has 0 aromatic heterocycles. The molecule has 17 heavy (non-hydrogen) atoms. The van der Waals surface area contributed by atoms with Gasteiger partial charge in [0.2, 0.25) is 5.91 Å². The number of hydrogen-bond acceptors (Lipinski definition) is 3. The Balaban J connectivity index is 2.22. The summed E-state index contributed by atoms with van der Waals surface area (Å²) in [5, 5.41) is 6.01. The average molecular weight is 233 g/mol. The summed E-state index contributed by atoms with van der Waals surface area (Å²) in [5.41, 5.74) is 3.89. The molecule has 1 aliphatic rings. The van der Waals surface area contributed by atoms with Gasteiger partial charge < -0.3 is 15.5 Å². The Kier molecular flexibility index (Phi) is 3.64. The molecule has 92 valence electrons. The van der Waals surface area contributed by atoms with Crippen LogP contribution in [0.3, 0.4) is 0 Å². The molecule has 2 rings (SSSR count). The van der Waals surface area contributed by atoms with Crippen LogP contribution in [-0.4, -0.2) is 33.1 Å². The minimum atomic E-state index is 0.0408. The van der Waals surface area contributed by atoms with Gasteiger partial charge in [0.25, 0.3) is 0 Å². The lowest BCUT2D eigenvalue weighted by Crippen LogP contribution is -2.34. The Bertz CT molecular complexity index is 417. The molecule has 0 aliphatic carbocycles. The van der Waals surface area contributed by atoms with Crippen LogP contribution in [0.1, 0.15) is 11.1 Å². The highest BCUT2D eigenvalue weighted by atomic mass is 16.1. The zero-order valence-corrected chi connectivity index (χ0v) is 10.4. The van der Waals surface area contributed by atoms with Crippen LogP contribution in [0.25, 0.3) is 0 Å². The van der Waals surface area contributed by atoms with Crippen LogP contribution in [0.15, 0.2) is 18.2 Å². The van der Waals surface area contributed by atoms with Crippen molar-refractivity contribution in [3.63, 3.8) is 0 Å². The molecule has 2 N–H and O–H groups in total. The molecule has 1 aromatic carbocycles. The summed E-state index contributed by atoms with van der Waals surface area (Å²) in [6, 6.07) is 6.30. The maximum Gasteiger partial charge on any atom is 0.239 e. The number of carbonyl (C=O) groups excluding carboxylic acids is 1. The van der Waals surface area contributed by atoms with Gasteiger partial charge in [0, 0.05) is 26.3 Å². The Morgan fingerprint density at radius 3 is 3.12 bits per heavy atom. The number of nitrogens with zero attached hydrogens (tertiary/aromatic N) is 1. The van der Waals surface area contributed by atoms with Crippen LogP contribution < -0.4 is 15.5 Å². The van der Waals surface area contributed by atoms with E-state index < -0.39 is 0 Å². The van der Waals surface area contributed by atoms with Crippen LogP contribution in [0.5, 0.6) is 0 Å². The zero-order valence-electron chi connectivity index (χ0n) is 10.4. The van der Waals surface area contributed by atoms with E-state index >= 15 is 0 Å². The fourth-order valence-corrected chi connectivity index (χ4v) is 2.25. The molecule has 1 heterocycles. The van der Waals surface area contributed by atoms with Gasteiger partial charge in [-0.1, -0.05) is 12.1 Å². The van der Waals surface area contributed by atoms with E-state index in [9.17, 15) is 4.79 Å². The second-order valence-corrected chi connectivity index (χ2v) is 4.37. The predicted molar refractivity (Wildman–Crippen MR) is 69.2 cm³/mol. The topological polar surface area (TPSA) is 44.4 Å². The van der Waals surface area contributed by atoms with Crippen LogP contribution >= 0.6 is 0 Å². The summed E-state index contributed by atoms with van der Waals surface area (Å²) in [6.45, 7) is 2.34. The number of nitrogens with one attached hydrogen (secondary N) is 2. The first-order valence-electron chi connectivity index (χ1n) is 5.95. The standard InChI is InChI=1S/C13H19N3O/c1-14-13(17)9-16(2)12-5-3-4-10-8-15-7-6-11(10)12/h3-5,15H,6-9H2,1-2H3,(H,14,17). The summed E-state index contributed by atoms with van der Waals surface area (Å²) < 4.78 is 0. The number of benzene rings is 1. The van der Waals surface area contributed by atoms with Gasteiger partial charge in [0.15, 0.2) is 0 Å². The Labute approximate surface area is 102 Å². The van der Waals surface area contributed by atoms with Crippen molar-refractivity contribution in [1.29, 1.82) is 0 Å². The lowest BCUT2D eigenvalue weighted by atomic mass is 9.98. The van der Waals surface area contributed by atoms with Gasteiger partial charge in [-0.25, -0.2) is 0 Å². The Hall–Kier alpha value is -1.55. The highest BCUT2D eigenvalue weighted by Gasteiger charge is 2.15. The Morgan fingerprint density at radius 2 is 2.35 bits per heavy atom. The first-order chi connectivity index (χ1) is 8.22. The molecule has 0 radical (unpaired) electrons. The predicted octanol–water partition coefficient (Wildman–Crippen LogP) is 0.514. The van der Waals surface area contributed by atoms with Gasteiger partial charge >= 0.3 is 0 Å². The van der Waals surface area contributed by atoms with E-state index in [1.54, 1.807) is 7.05 Å². The molecule has 1 amide bonds. The molecule has 0 atom stereocenters. The minimum Gasteiger partial charge on any atom is -0.365 e. The van der Waals surface area contributed by atoms with Gasteiger partial charge in [-0.15, -0.1) is 0 Å². The third-order valence-corrected chi connectivity index (χ3v) is 3.19. The van der Waals surface area contributed by atoms with Crippen molar-refractivity contribution < 1.29 is 4.79 Å². The van der Waals surface area contributed by atoms with E-state index in [1.165, 1.54) is 16.8 Å². The van der Waals surface area contributed by atoms with Crippen molar-refractivity contribution in [2.45, 2.75) is 13.0 Å². The zero-order chi connectivity index (χ0) is 12.3. The van der Waals surface area contributed by atoms with E-state index in [0.29, 0.717) is 6.54 Å². The number of carbonyl (C=O) groups is 1. The van der Waals surface area contributed by atoms with Crippen LogP contribution in [-0.2, 0) is 17.8 Å². The van der Waals surface area contributed by atoms with Crippen LogP contribution in [0, 0.1) is 0 Å². The van der Waals surface area contributed by atoms with Gasteiger partial charge in [0.05, 0.1) is 6.54 Å². The van der Waals surface area contributed by atoms with Crippen molar-refractivity contribution in [2.24, 2.45) is 0 Å². The first-order valence-corrected chi connectivity index (χ1v) is 5.95. The number of rotatable bonds is 3. The number of fused-ring (bicyclic) bond motifs is 1. The van der Waals surface area contributed by atoms with Crippen molar-refractivity contribution >= 4 is 11.6 Å². The molecule has 1 aromatic rings. The summed E-state index contributed by atoms with van der Waals surface area (Å²) in [6.07, 6.45) is 1.03. The molecule has 0 bridgehead atoms. The molecule has 0 spiro atoms. The number of amides is 1. The minimum absolute atomic E-state index is 0.0408. The van der Waals surface area contributed by atoms with Crippen LogP contribution in [0.2, 0.25) is 0 Å². The van der Waals surface area contributed by atoms with Crippen molar-refractivity contribution in [2.75, 3.05) is 32.1 Å². The average Bonchev–Trinajstić information content (AvgIpc) is 2.37. The van der Waals surface area contributed by atoms with Crippen molar-refractivity contribution in [1.82, 2.24) is 10.6 Å². The van der Waals surface area contributed by atoms with E-state index in [4.69, 9.17) is 0 Å². The number of hydrogen-bond donors (Lipinski definition) is 2. The SMILES string of the molecule is CNC(=O)CN(C)c1cccc2c1CCNC2. The number of likely N-dealkylation sites (N-methyl/N-ethyl adjacent to an activating group) is 2. The smallest absolute Gasteiger partial charge is 0.239 e. The Morgan fingerprint density at radius 1 is 1.53 bits per heavy atom. The van der Waals surface area contributed by atoms with E-state index in [2.05, 4.69) is 28.8 Å². The molecular weight excluding hydrogens is 214 g/mol. The van der Waals surface area contributed by atoms with Crippen molar-refractivity contribution in [3.8, 4) is 0 Å². The maximum absolute atomic E-state index is 11.4. The fourth-order valence-electron chi connectivity index (χ4n) is 2.25. The fraction of sp³-hybridized carbons (Fsp3) is 0.462. The van der Waals surface area contributed by atoms with E-state index in [-0.39, 0.29) is 5.91 Å². The summed E-state index contributed by atoms with van der Waals surface area (Å²) in [7, 11) is 3.63. The molecular formula is C13H19N3O. The quantitative estimate of drug-likeness (QED) is 0.800. The highest BCUT2D eigenvalue weighted by Crippen LogP contribution is 2.25. The van der Waals surface area contributed by atoms with E-state index in [1.807, 2.05) is 11.9 Å². The summed E-state index contributed by atoms with van der Waals surface area (Å²) in [5.74, 6) is 0.0408. The lowest BCUT2D eigenvalue weighted by molar-refractivity contribution is -0.119. The maximum atomic E-state index is 11.4. The van der Waals surface area contributed by atoms with Gasteiger partial charge in [-0.2, -0.15) is 0 Å². The van der Waals surface area contributed by atoms with Crippen LogP contribution in [0.4, 0.5) is 5.69 Å². The molecule has 0 fully saturated rings.